The molecule has 0 spiro atoms. The number of aromatic nitrogens is 1. The van der Waals surface area contributed by atoms with Gasteiger partial charge < -0.3 is 9.84 Å². The minimum atomic E-state index is -4.55. The largest absolute Gasteiger partial charge is 0.457 e. The molecule has 200 valence electrons. The van der Waals surface area contributed by atoms with Crippen molar-refractivity contribution < 1.29 is 31.4 Å². The number of rotatable bonds is 7. The van der Waals surface area contributed by atoms with Crippen molar-refractivity contribution in [1.29, 1.82) is 0 Å². The van der Waals surface area contributed by atoms with E-state index in [1.54, 1.807) is 49.4 Å². The standard InChI is InChI=1S/C28H27F3N2O4S/c1-18-16-32-26-23(12-7-13-24(26)28(29,30)31)25(18)19-8-5-9-20(14-19)37-21-10-6-11-22(15-21)38(35,36)33(4)17-27(2,3)34/h5-16,34H,17H2,1-4H3. The molecule has 0 amide bonds. The summed E-state index contributed by atoms with van der Waals surface area (Å²) in [6.07, 6.45) is -3.13. The first-order valence-electron chi connectivity index (χ1n) is 11.7. The second-order valence-electron chi connectivity index (χ2n) is 9.69. The number of nitrogens with zero attached hydrogens (tertiary/aromatic N) is 2. The molecule has 3 aromatic carbocycles. The SMILES string of the molecule is Cc1cnc2c(C(F)(F)F)cccc2c1-c1cccc(Oc2cccc(S(=O)(=O)N(C)CC(C)(C)O)c2)c1. The van der Waals surface area contributed by atoms with E-state index in [0.717, 1.165) is 10.4 Å². The fourth-order valence-corrected chi connectivity index (χ4v) is 5.66. The number of halogens is 3. The highest BCUT2D eigenvalue weighted by Crippen LogP contribution is 2.39. The van der Waals surface area contributed by atoms with Crippen LogP contribution in [0.15, 0.2) is 77.8 Å². The molecule has 0 fully saturated rings. The number of alkyl halides is 3. The molecule has 0 aliphatic rings. The van der Waals surface area contributed by atoms with Gasteiger partial charge in [0.25, 0.3) is 0 Å². The molecule has 0 atom stereocenters. The Balaban J connectivity index is 1.70. The molecule has 0 bridgehead atoms. The van der Waals surface area contributed by atoms with Crippen molar-refractivity contribution in [3.63, 3.8) is 0 Å². The van der Waals surface area contributed by atoms with Crippen LogP contribution in [0, 0.1) is 6.92 Å². The first kappa shape index (κ1) is 27.6. The lowest BCUT2D eigenvalue weighted by atomic mass is 9.95. The molecular formula is C28H27F3N2O4S. The van der Waals surface area contributed by atoms with Crippen LogP contribution in [-0.2, 0) is 16.2 Å². The Morgan fingerprint density at radius 2 is 1.61 bits per heavy atom. The molecule has 1 aromatic heterocycles. The zero-order valence-corrected chi connectivity index (χ0v) is 22.1. The Labute approximate surface area is 219 Å². The van der Waals surface area contributed by atoms with Crippen LogP contribution < -0.4 is 4.74 Å². The lowest BCUT2D eigenvalue weighted by Crippen LogP contribution is -2.39. The summed E-state index contributed by atoms with van der Waals surface area (Å²) in [5.74, 6) is 0.633. The predicted molar refractivity (Wildman–Crippen MR) is 140 cm³/mol. The molecule has 0 saturated heterocycles. The van der Waals surface area contributed by atoms with E-state index in [0.29, 0.717) is 27.8 Å². The quantitative estimate of drug-likeness (QED) is 0.291. The Bertz CT molecular complexity index is 1600. The van der Waals surface area contributed by atoms with Gasteiger partial charge >= 0.3 is 6.18 Å². The molecule has 1 N–H and O–H groups in total. The van der Waals surface area contributed by atoms with E-state index in [2.05, 4.69) is 4.98 Å². The van der Waals surface area contributed by atoms with Gasteiger partial charge in [-0.3, -0.25) is 4.98 Å². The number of benzene rings is 3. The number of hydrogen-bond donors (Lipinski definition) is 1. The zero-order valence-electron chi connectivity index (χ0n) is 21.2. The number of aliphatic hydroxyl groups is 1. The number of aryl methyl sites for hydroxylation is 1. The summed E-state index contributed by atoms with van der Waals surface area (Å²) in [6, 6.07) is 16.8. The zero-order chi connectivity index (χ0) is 27.9. The highest BCUT2D eigenvalue weighted by Gasteiger charge is 2.33. The average Bonchev–Trinajstić information content (AvgIpc) is 2.82. The van der Waals surface area contributed by atoms with Gasteiger partial charge in [0.15, 0.2) is 0 Å². The molecule has 0 aliphatic heterocycles. The van der Waals surface area contributed by atoms with Gasteiger partial charge in [-0.2, -0.15) is 17.5 Å². The molecule has 4 aromatic rings. The normalized spacial score (nSPS) is 12.8. The fraction of sp³-hybridized carbons (Fsp3) is 0.250. The topological polar surface area (TPSA) is 79.7 Å². The van der Waals surface area contributed by atoms with E-state index in [1.165, 1.54) is 45.3 Å². The summed E-state index contributed by atoms with van der Waals surface area (Å²) in [7, 11) is -2.50. The van der Waals surface area contributed by atoms with Crippen molar-refractivity contribution in [2.24, 2.45) is 0 Å². The second kappa shape index (κ2) is 10.0. The predicted octanol–water partition coefficient (Wildman–Crippen LogP) is 6.41. The molecule has 38 heavy (non-hydrogen) atoms. The third-order valence-corrected chi connectivity index (χ3v) is 7.67. The first-order valence-corrected chi connectivity index (χ1v) is 13.1. The maximum absolute atomic E-state index is 13.6. The molecular weight excluding hydrogens is 517 g/mol. The highest BCUT2D eigenvalue weighted by molar-refractivity contribution is 7.89. The van der Waals surface area contributed by atoms with Crippen LogP contribution in [0.1, 0.15) is 25.0 Å². The third kappa shape index (κ3) is 5.82. The molecule has 10 heteroatoms. The van der Waals surface area contributed by atoms with Crippen LogP contribution >= 0.6 is 0 Å². The summed E-state index contributed by atoms with van der Waals surface area (Å²) in [4.78, 5) is 4.06. The monoisotopic (exact) mass is 544 g/mol. The molecule has 0 radical (unpaired) electrons. The van der Waals surface area contributed by atoms with Crippen molar-refractivity contribution in [1.82, 2.24) is 9.29 Å². The molecule has 6 nitrogen and oxygen atoms in total. The van der Waals surface area contributed by atoms with Crippen molar-refractivity contribution >= 4 is 20.9 Å². The highest BCUT2D eigenvalue weighted by atomic mass is 32.2. The van der Waals surface area contributed by atoms with Gasteiger partial charge in [-0.1, -0.05) is 30.3 Å². The van der Waals surface area contributed by atoms with Gasteiger partial charge in [0, 0.05) is 31.2 Å². The maximum atomic E-state index is 13.6. The summed E-state index contributed by atoms with van der Waals surface area (Å²) >= 11 is 0. The van der Waals surface area contributed by atoms with Crippen LogP contribution in [0.3, 0.4) is 0 Å². The van der Waals surface area contributed by atoms with Gasteiger partial charge in [0.05, 0.1) is 21.6 Å². The number of hydrogen-bond acceptors (Lipinski definition) is 5. The van der Waals surface area contributed by atoms with Crippen molar-refractivity contribution in [2.75, 3.05) is 13.6 Å². The lowest BCUT2D eigenvalue weighted by molar-refractivity contribution is -0.136. The van der Waals surface area contributed by atoms with Crippen molar-refractivity contribution in [3.8, 4) is 22.6 Å². The number of para-hydroxylation sites is 1. The molecule has 0 saturated carbocycles. The molecule has 4 rings (SSSR count). The van der Waals surface area contributed by atoms with Gasteiger partial charge in [-0.25, -0.2) is 8.42 Å². The number of likely N-dealkylation sites (N-methyl/N-ethyl adjacent to an activating group) is 1. The van der Waals surface area contributed by atoms with Crippen molar-refractivity contribution in [2.45, 2.75) is 37.4 Å². The molecule has 1 heterocycles. The Kier molecular flexibility index (Phi) is 7.26. The maximum Gasteiger partial charge on any atom is 0.418 e. The van der Waals surface area contributed by atoms with Gasteiger partial charge in [-0.15, -0.1) is 0 Å². The molecule has 0 aliphatic carbocycles. The lowest BCUT2D eigenvalue weighted by Gasteiger charge is -2.25. The van der Waals surface area contributed by atoms with Crippen LogP contribution in [0.5, 0.6) is 11.5 Å². The van der Waals surface area contributed by atoms with Gasteiger partial charge in [0.2, 0.25) is 10.0 Å². The fourth-order valence-electron chi connectivity index (χ4n) is 4.29. The Hall–Kier alpha value is -3.47. The van der Waals surface area contributed by atoms with E-state index in [9.17, 15) is 26.7 Å². The number of fused-ring (bicyclic) bond motifs is 1. The summed E-state index contributed by atoms with van der Waals surface area (Å²) < 4.78 is 73.8. The first-order chi connectivity index (χ1) is 17.7. The number of ether oxygens (including phenoxy) is 1. The van der Waals surface area contributed by atoms with E-state index < -0.39 is 27.4 Å². The minimum absolute atomic E-state index is 0.00597. The number of pyridine rings is 1. The smallest absolute Gasteiger partial charge is 0.418 e. The summed E-state index contributed by atoms with van der Waals surface area (Å²) in [5, 5.41) is 10.4. The van der Waals surface area contributed by atoms with E-state index in [4.69, 9.17) is 4.74 Å². The molecule has 0 unspecified atom stereocenters. The van der Waals surface area contributed by atoms with Crippen LogP contribution in [-0.4, -0.2) is 42.0 Å². The van der Waals surface area contributed by atoms with Gasteiger partial charge in [0.1, 0.15) is 11.5 Å². The second-order valence-corrected chi connectivity index (χ2v) is 11.7. The third-order valence-electron chi connectivity index (χ3n) is 5.87. The van der Waals surface area contributed by atoms with E-state index >= 15 is 0 Å². The Morgan fingerprint density at radius 1 is 0.974 bits per heavy atom. The van der Waals surface area contributed by atoms with E-state index in [-0.39, 0.29) is 22.7 Å². The number of sulfonamides is 1. The van der Waals surface area contributed by atoms with Crippen molar-refractivity contribution in [3.05, 3.63) is 84.1 Å². The van der Waals surface area contributed by atoms with Crippen LogP contribution in [0.2, 0.25) is 0 Å². The summed E-state index contributed by atoms with van der Waals surface area (Å²) in [5.41, 5.74) is -0.253. The van der Waals surface area contributed by atoms with E-state index in [1.807, 2.05) is 0 Å². The van der Waals surface area contributed by atoms with Crippen LogP contribution in [0.25, 0.3) is 22.0 Å². The Morgan fingerprint density at radius 3 is 2.26 bits per heavy atom. The van der Waals surface area contributed by atoms with Gasteiger partial charge in [-0.05, 0) is 67.8 Å². The average molecular weight is 545 g/mol. The minimum Gasteiger partial charge on any atom is -0.457 e. The summed E-state index contributed by atoms with van der Waals surface area (Å²) in [6.45, 7) is 4.71. The van der Waals surface area contributed by atoms with Crippen LogP contribution in [0.4, 0.5) is 13.2 Å².